The normalized spacial score (nSPS) is 9.50. The molecule has 1 rings (SSSR count). The maximum Gasteiger partial charge on any atom is 0.254 e. The second kappa shape index (κ2) is 3.17. The molecule has 0 aliphatic rings. The van der Waals surface area contributed by atoms with E-state index in [4.69, 9.17) is 5.73 Å². The Labute approximate surface area is 68.6 Å². The number of nitrogens with two attached hydrogens (primary N) is 1. The van der Waals surface area contributed by atoms with E-state index in [1.54, 1.807) is 0 Å². The number of carbonyl (C=O) groups excluding carboxylic acids is 1. The molecule has 0 radical (unpaired) electrons. The number of carbonyl (C=O) groups is 1. The Hall–Kier alpha value is -1.65. The van der Waals surface area contributed by atoms with E-state index < -0.39 is 11.7 Å². The fourth-order valence-corrected chi connectivity index (χ4v) is 0.770. The van der Waals surface area contributed by atoms with Gasteiger partial charge in [-0.1, -0.05) is 0 Å². The van der Waals surface area contributed by atoms with Gasteiger partial charge in [-0.25, -0.2) is 9.37 Å². The van der Waals surface area contributed by atoms with Crippen LogP contribution in [0.15, 0.2) is 12.3 Å². The molecule has 1 aromatic heterocycles. The molecule has 0 unspecified atom stereocenters. The van der Waals surface area contributed by atoms with Crippen molar-refractivity contribution in [2.45, 2.75) is 0 Å². The Morgan fingerprint density at radius 1 is 1.75 bits per heavy atom. The summed E-state index contributed by atoms with van der Waals surface area (Å²) in [5, 5.41) is 2.29. The summed E-state index contributed by atoms with van der Waals surface area (Å²) in [5.41, 5.74) is 5.05. The third kappa shape index (κ3) is 1.34. The molecule has 0 aromatic carbocycles. The topological polar surface area (TPSA) is 68.0 Å². The summed E-state index contributed by atoms with van der Waals surface area (Å²) in [6, 6.07) is 1.27. The predicted molar refractivity (Wildman–Crippen MR) is 42.0 cm³/mol. The van der Waals surface area contributed by atoms with E-state index >= 15 is 0 Å². The van der Waals surface area contributed by atoms with Crippen molar-refractivity contribution >= 4 is 11.7 Å². The fourth-order valence-electron chi connectivity index (χ4n) is 0.770. The van der Waals surface area contributed by atoms with E-state index in [-0.39, 0.29) is 11.4 Å². The monoisotopic (exact) mass is 169 g/mol. The Morgan fingerprint density at radius 3 is 3.00 bits per heavy atom. The maximum atomic E-state index is 13.0. The molecule has 0 atom stereocenters. The van der Waals surface area contributed by atoms with Crippen LogP contribution in [0.2, 0.25) is 0 Å². The molecular formula is C7H8FN3O. The second-order valence-electron chi connectivity index (χ2n) is 2.14. The molecule has 0 aliphatic carbocycles. The molecule has 0 bridgehead atoms. The van der Waals surface area contributed by atoms with Crippen molar-refractivity contribution in [2.75, 3.05) is 12.8 Å². The van der Waals surface area contributed by atoms with E-state index in [2.05, 4.69) is 10.3 Å². The number of halogens is 1. The van der Waals surface area contributed by atoms with Crippen LogP contribution in [0.25, 0.3) is 0 Å². The summed E-state index contributed by atoms with van der Waals surface area (Å²) in [4.78, 5) is 14.4. The van der Waals surface area contributed by atoms with Gasteiger partial charge in [-0.15, -0.1) is 0 Å². The number of aromatic nitrogens is 1. The zero-order valence-corrected chi connectivity index (χ0v) is 6.47. The number of amides is 1. The molecule has 1 aromatic rings. The highest BCUT2D eigenvalue weighted by Crippen LogP contribution is 2.10. The summed E-state index contributed by atoms with van der Waals surface area (Å²) >= 11 is 0. The summed E-state index contributed by atoms with van der Waals surface area (Å²) < 4.78 is 13.0. The van der Waals surface area contributed by atoms with Crippen LogP contribution in [0.3, 0.4) is 0 Å². The maximum absolute atomic E-state index is 13.0. The van der Waals surface area contributed by atoms with Gasteiger partial charge in [0.15, 0.2) is 11.6 Å². The molecule has 4 nitrogen and oxygen atoms in total. The smallest absolute Gasteiger partial charge is 0.254 e. The summed E-state index contributed by atoms with van der Waals surface area (Å²) in [5.74, 6) is -1.56. The molecule has 5 heteroatoms. The van der Waals surface area contributed by atoms with Crippen molar-refractivity contribution in [2.24, 2.45) is 0 Å². The zero-order chi connectivity index (χ0) is 9.14. The molecule has 1 amide bonds. The Morgan fingerprint density at radius 2 is 2.42 bits per heavy atom. The van der Waals surface area contributed by atoms with Crippen LogP contribution in [0.4, 0.5) is 10.2 Å². The van der Waals surface area contributed by atoms with Crippen LogP contribution in [0, 0.1) is 5.82 Å². The molecule has 0 saturated heterocycles. The van der Waals surface area contributed by atoms with E-state index in [0.29, 0.717) is 0 Å². The molecule has 0 fully saturated rings. The molecule has 64 valence electrons. The molecule has 12 heavy (non-hydrogen) atoms. The van der Waals surface area contributed by atoms with Crippen LogP contribution in [0.5, 0.6) is 0 Å². The predicted octanol–water partition coefficient (Wildman–Crippen LogP) is 0.162. The minimum Gasteiger partial charge on any atom is -0.381 e. The van der Waals surface area contributed by atoms with Crippen LogP contribution in [-0.4, -0.2) is 17.9 Å². The van der Waals surface area contributed by atoms with Crippen molar-refractivity contribution < 1.29 is 9.18 Å². The zero-order valence-electron chi connectivity index (χ0n) is 6.47. The lowest BCUT2D eigenvalue weighted by molar-refractivity contribution is 0.0959. The Kier molecular flexibility index (Phi) is 2.23. The highest BCUT2D eigenvalue weighted by atomic mass is 19.1. The number of hydrogen-bond acceptors (Lipinski definition) is 3. The SMILES string of the molecule is CNC(=O)c1ccnc(N)c1F. The first-order chi connectivity index (χ1) is 5.66. The highest BCUT2D eigenvalue weighted by Gasteiger charge is 2.12. The number of nitrogen functional groups attached to an aromatic ring is 1. The average Bonchev–Trinajstić information content (AvgIpc) is 2.08. The number of pyridine rings is 1. The summed E-state index contributed by atoms with van der Waals surface area (Å²) in [7, 11) is 1.42. The van der Waals surface area contributed by atoms with Crippen molar-refractivity contribution in [1.82, 2.24) is 10.3 Å². The first kappa shape index (κ1) is 8.45. The van der Waals surface area contributed by atoms with Crippen molar-refractivity contribution in [3.05, 3.63) is 23.6 Å². The number of hydrogen-bond donors (Lipinski definition) is 2. The van der Waals surface area contributed by atoms with Crippen molar-refractivity contribution in [3.8, 4) is 0 Å². The third-order valence-corrected chi connectivity index (χ3v) is 1.39. The summed E-state index contributed by atoms with van der Waals surface area (Å²) in [6.07, 6.45) is 1.28. The van der Waals surface area contributed by atoms with E-state index in [0.717, 1.165) is 0 Å². The van der Waals surface area contributed by atoms with Crippen LogP contribution in [-0.2, 0) is 0 Å². The van der Waals surface area contributed by atoms with Crippen molar-refractivity contribution in [3.63, 3.8) is 0 Å². The average molecular weight is 169 g/mol. The van der Waals surface area contributed by atoms with Crippen LogP contribution < -0.4 is 11.1 Å². The lowest BCUT2D eigenvalue weighted by Gasteiger charge is -2.01. The molecule has 0 saturated carbocycles. The van der Waals surface area contributed by atoms with E-state index in [9.17, 15) is 9.18 Å². The first-order valence-corrected chi connectivity index (χ1v) is 3.29. The van der Waals surface area contributed by atoms with Gasteiger partial charge < -0.3 is 11.1 Å². The standard InChI is InChI=1S/C7H8FN3O/c1-10-7(12)4-2-3-11-6(9)5(4)8/h2-3H,1H3,(H2,9,11)(H,10,12). The van der Waals surface area contributed by atoms with E-state index in [1.165, 1.54) is 19.3 Å². The van der Waals surface area contributed by atoms with Gasteiger partial charge in [-0.3, -0.25) is 4.79 Å². The van der Waals surface area contributed by atoms with Gasteiger partial charge in [0.25, 0.3) is 5.91 Å². The Bertz CT molecular complexity index is 314. The van der Waals surface area contributed by atoms with Crippen LogP contribution >= 0.6 is 0 Å². The largest absolute Gasteiger partial charge is 0.381 e. The van der Waals surface area contributed by atoms with E-state index in [1.807, 2.05) is 0 Å². The number of nitrogens with one attached hydrogen (secondary N) is 1. The van der Waals surface area contributed by atoms with Gasteiger partial charge in [0.1, 0.15) is 0 Å². The van der Waals surface area contributed by atoms with Crippen molar-refractivity contribution in [1.29, 1.82) is 0 Å². The first-order valence-electron chi connectivity index (χ1n) is 3.29. The molecular weight excluding hydrogens is 161 g/mol. The minimum atomic E-state index is -0.781. The molecule has 0 aliphatic heterocycles. The van der Waals surface area contributed by atoms with Gasteiger partial charge in [0.2, 0.25) is 0 Å². The van der Waals surface area contributed by atoms with Gasteiger partial charge in [-0.2, -0.15) is 0 Å². The van der Waals surface area contributed by atoms with Gasteiger partial charge in [-0.05, 0) is 6.07 Å². The molecule has 0 spiro atoms. The minimum absolute atomic E-state index is 0.0926. The Balaban J connectivity index is 3.16. The fraction of sp³-hybridized carbons (Fsp3) is 0.143. The lowest BCUT2D eigenvalue weighted by atomic mass is 10.2. The van der Waals surface area contributed by atoms with Gasteiger partial charge >= 0.3 is 0 Å². The highest BCUT2D eigenvalue weighted by molar-refractivity contribution is 5.94. The molecule has 3 N–H and O–H groups in total. The number of nitrogens with zero attached hydrogens (tertiary/aromatic N) is 1. The summed E-state index contributed by atoms with van der Waals surface area (Å²) in [6.45, 7) is 0. The third-order valence-electron chi connectivity index (χ3n) is 1.39. The molecule has 1 heterocycles. The van der Waals surface area contributed by atoms with Gasteiger partial charge in [0, 0.05) is 13.2 Å². The number of rotatable bonds is 1. The quantitative estimate of drug-likeness (QED) is 0.629. The lowest BCUT2D eigenvalue weighted by Crippen LogP contribution is -2.20. The van der Waals surface area contributed by atoms with Gasteiger partial charge in [0.05, 0.1) is 5.56 Å². The second-order valence-corrected chi connectivity index (χ2v) is 2.14. The number of anilines is 1. The van der Waals surface area contributed by atoms with Crippen LogP contribution in [0.1, 0.15) is 10.4 Å².